The van der Waals surface area contributed by atoms with E-state index in [1.807, 2.05) is 30.3 Å². The van der Waals surface area contributed by atoms with Gasteiger partial charge in [-0.05, 0) is 53.9 Å². The van der Waals surface area contributed by atoms with Crippen molar-refractivity contribution in [3.05, 3.63) is 53.6 Å². The number of Topliss-reactive ketones (excluding diaryl/α,β-unsaturated/α-hetero) is 5. The van der Waals surface area contributed by atoms with Gasteiger partial charge in [0.15, 0.2) is 28.7 Å². The van der Waals surface area contributed by atoms with Gasteiger partial charge in [-0.15, -0.1) is 0 Å². The number of carbonyl (C=O) groups excluding carboxylic acids is 5. The molecule has 2 N–H and O–H groups in total. The second-order valence-electron chi connectivity index (χ2n) is 12.2. The number of carbonyl (C=O) groups is 5. The molecule has 0 aliphatic heterocycles. The summed E-state index contributed by atoms with van der Waals surface area (Å²) >= 11 is 0. The fourth-order valence-electron chi connectivity index (χ4n) is 8.02. The molecule has 38 heavy (non-hydrogen) atoms. The normalized spacial score (nSPS) is 34.6. The van der Waals surface area contributed by atoms with Crippen LogP contribution in [0.15, 0.2) is 42.5 Å². The quantitative estimate of drug-likeness (QED) is 0.595. The molecule has 5 rings (SSSR count). The van der Waals surface area contributed by atoms with Crippen LogP contribution in [0, 0.1) is 34.5 Å². The van der Waals surface area contributed by atoms with Crippen LogP contribution in [0.2, 0.25) is 0 Å². The van der Waals surface area contributed by atoms with E-state index >= 15 is 0 Å². The molecule has 3 aliphatic rings. The number of ketones is 5. The van der Waals surface area contributed by atoms with Crippen LogP contribution in [-0.4, -0.2) is 44.7 Å². The number of benzene rings is 2. The standard InChI is InChI=1S/C31H32O7/c1-15(2)23-25(34)21(16(3)32)27(36)31(38)28(37)24-26(35)22-19(13-29(24,4)14-30(23,31)5)18(11-12-20(22)33)17-9-7-6-8-10-17/h6-12,15,21,23-24,33,38H,13-14H2,1-5H3/t21?,23?,24?,29-,30-,31+/m1/s1. The smallest absolute Gasteiger partial charge is 0.190 e. The first-order chi connectivity index (χ1) is 17.7. The van der Waals surface area contributed by atoms with Crippen molar-refractivity contribution >= 4 is 28.9 Å². The van der Waals surface area contributed by atoms with Crippen molar-refractivity contribution in [2.45, 2.75) is 53.1 Å². The number of phenolic OH excluding ortho intramolecular Hbond substituents is 1. The number of phenols is 1. The van der Waals surface area contributed by atoms with Gasteiger partial charge in [0.05, 0.1) is 11.5 Å². The van der Waals surface area contributed by atoms with Crippen molar-refractivity contribution < 1.29 is 34.2 Å². The molecule has 0 aromatic heterocycles. The third-order valence-corrected chi connectivity index (χ3v) is 9.35. The van der Waals surface area contributed by atoms with Crippen LogP contribution < -0.4 is 0 Å². The highest BCUT2D eigenvalue weighted by Crippen LogP contribution is 2.64. The Morgan fingerprint density at radius 2 is 1.61 bits per heavy atom. The number of aromatic hydroxyl groups is 1. The van der Waals surface area contributed by atoms with Gasteiger partial charge in [0.25, 0.3) is 0 Å². The van der Waals surface area contributed by atoms with E-state index in [1.54, 1.807) is 33.8 Å². The van der Waals surface area contributed by atoms with Gasteiger partial charge in [0, 0.05) is 11.3 Å². The first kappa shape index (κ1) is 26.2. The Hall–Kier alpha value is -3.45. The first-order valence-electron chi connectivity index (χ1n) is 13.0. The molecule has 0 amide bonds. The zero-order valence-corrected chi connectivity index (χ0v) is 22.2. The lowest BCUT2D eigenvalue weighted by Gasteiger charge is -2.61. The molecular formula is C31H32O7. The Morgan fingerprint density at radius 3 is 2.18 bits per heavy atom. The molecule has 0 radical (unpaired) electrons. The molecule has 3 aliphatic carbocycles. The number of rotatable bonds is 3. The van der Waals surface area contributed by atoms with Crippen LogP contribution in [0.25, 0.3) is 11.1 Å². The van der Waals surface area contributed by atoms with E-state index < -0.39 is 63.1 Å². The van der Waals surface area contributed by atoms with Gasteiger partial charge >= 0.3 is 0 Å². The van der Waals surface area contributed by atoms with Gasteiger partial charge < -0.3 is 10.2 Å². The molecule has 2 saturated carbocycles. The van der Waals surface area contributed by atoms with Crippen molar-refractivity contribution in [1.82, 2.24) is 0 Å². The summed E-state index contributed by atoms with van der Waals surface area (Å²) in [5, 5.41) is 22.8. The van der Waals surface area contributed by atoms with E-state index in [-0.39, 0.29) is 30.1 Å². The van der Waals surface area contributed by atoms with Gasteiger partial charge in [-0.25, -0.2) is 0 Å². The summed E-state index contributed by atoms with van der Waals surface area (Å²) in [4.78, 5) is 68.0. The van der Waals surface area contributed by atoms with E-state index in [2.05, 4.69) is 0 Å². The molecule has 6 atom stereocenters. The number of fused-ring (bicyclic) bond motifs is 3. The molecule has 0 saturated heterocycles. The Kier molecular flexibility index (Phi) is 5.70. The highest BCUT2D eigenvalue weighted by atomic mass is 16.3. The molecule has 0 spiro atoms. The maximum Gasteiger partial charge on any atom is 0.190 e. The lowest BCUT2D eigenvalue weighted by Crippen LogP contribution is -2.76. The highest BCUT2D eigenvalue weighted by molar-refractivity contribution is 6.32. The van der Waals surface area contributed by atoms with E-state index in [0.717, 1.165) is 18.1 Å². The Balaban J connectivity index is 1.75. The molecular weight excluding hydrogens is 484 g/mol. The van der Waals surface area contributed by atoms with Crippen LogP contribution in [0.4, 0.5) is 0 Å². The van der Waals surface area contributed by atoms with Crippen molar-refractivity contribution in [3.8, 4) is 16.9 Å². The highest BCUT2D eigenvalue weighted by Gasteiger charge is 2.76. The van der Waals surface area contributed by atoms with Crippen molar-refractivity contribution in [1.29, 1.82) is 0 Å². The second-order valence-corrected chi connectivity index (χ2v) is 12.2. The van der Waals surface area contributed by atoms with Crippen molar-refractivity contribution in [3.63, 3.8) is 0 Å². The molecule has 3 unspecified atom stereocenters. The minimum Gasteiger partial charge on any atom is -0.507 e. The summed E-state index contributed by atoms with van der Waals surface area (Å²) in [5.41, 5.74) is -3.05. The molecule has 2 fully saturated rings. The molecule has 2 aromatic carbocycles. The molecule has 198 valence electrons. The summed E-state index contributed by atoms with van der Waals surface area (Å²) in [6.07, 6.45) is 0.255. The zero-order valence-electron chi connectivity index (χ0n) is 22.2. The Morgan fingerprint density at radius 1 is 0.974 bits per heavy atom. The average molecular weight is 517 g/mol. The van der Waals surface area contributed by atoms with Gasteiger partial charge in [-0.3, -0.25) is 24.0 Å². The monoisotopic (exact) mass is 516 g/mol. The Bertz CT molecular complexity index is 1420. The summed E-state index contributed by atoms with van der Waals surface area (Å²) in [5.74, 6) is -8.85. The van der Waals surface area contributed by atoms with E-state index in [1.165, 1.54) is 6.07 Å². The third-order valence-electron chi connectivity index (χ3n) is 9.35. The van der Waals surface area contributed by atoms with Crippen LogP contribution in [-0.2, 0) is 25.6 Å². The molecule has 7 heteroatoms. The van der Waals surface area contributed by atoms with Crippen LogP contribution in [0.1, 0.15) is 57.0 Å². The van der Waals surface area contributed by atoms with Gasteiger partial charge in [0.1, 0.15) is 17.5 Å². The largest absolute Gasteiger partial charge is 0.507 e. The van der Waals surface area contributed by atoms with Gasteiger partial charge in [0.2, 0.25) is 0 Å². The predicted molar refractivity (Wildman–Crippen MR) is 138 cm³/mol. The Labute approximate surface area is 221 Å². The maximum absolute atomic E-state index is 14.3. The topological polar surface area (TPSA) is 126 Å². The number of hydrogen-bond donors (Lipinski definition) is 2. The van der Waals surface area contributed by atoms with Gasteiger partial charge in [-0.1, -0.05) is 64.1 Å². The molecule has 0 heterocycles. The minimum atomic E-state index is -2.68. The lowest BCUT2D eigenvalue weighted by molar-refractivity contribution is -0.205. The molecule has 2 aromatic rings. The molecule has 0 bridgehead atoms. The maximum atomic E-state index is 14.3. The summed E-state index contributed by atoms with van der Waals surface area (Å²) < 4.78 is 0. The predicted octanol–water partition coefficient (Wildman–Crippen LogP) is 3.76. The fourth-order valence-corrected chi connectivity index (χ4v) is 8.02. The molecule has 7 nitrogen and oxygen atoms in total. The number of aliphatic hydroxyl groups is 1. The fraction of sp³-hybridized carbons (Fsp3) is 0.452. The van der Waals surface area contributed by atoms with Crippen molar-refractivity contribution in [2.24, 2.45) is 34.5 Å². The third kappa shape index (κ3) is 3.14. The summed E-state index contributed by atoms with van der Waals surface area (Å²) in [6.45, 7) is 8.00. The van der Waals surface area contributed by atoms with Crippen LogP contribution >= 0.6 is 0 Å². The number of hydrogen-bond acceptors (Lipinski definition) is 7. The van der Waals surface area contributed by atoms with E-state index in [4.69, 9.17) is 0 Å². The van der Waals surface area contributed by atoms with Crippen molar-refractivity contribution in [2.75, 3.05) is 0 Å². The van der Waals surface area contributed by atoms with E-state index in [9.17, 15) is 34.2 Å². The summed E-state index contributed by atoms with van der Waals surface area (Å²) in [7, 11) is 0. The SMILES string of the molecule is CC(=O)C1C(=O)C(C(C)C)[C@@]2(C)C[C@@]3(C)Cc4c(-c5ccccc5)ccc(O)c4C(=O)C3C(=O)[C@@]2(O)C1=O. The first-order valence-corrected chi connectivity index (χ1v) is 13.0. The van der Waals surface area contributed by atoms with Crippen LogP contribution in [0.3, 0.4) is 0 Å². The minimum absolute atomic E-state index is 0.0113. The van der Waals surface area contributed by atoms with E-state index in [0.29, 0.717) is 5.56 Å². The second kappa shape index (κ2) is 8.27. The van der Waals surface area contributed by atoms with Gasteiger partial charge in [-0.2, -0.15) is 0 Å². The van der Waals surface area contributed by atoms with Crippen LogP contribution in [0.5, 0.6) is 5.75 Å². The average Bonchev–Trinajstić information content (AvgIpc) is 2.81. The summed E-state index contributed by atoms with van der Waals surface area (Å²) in [6, 6.07) is 12.6. The lowest BCUT2D eigenvalue weighted by atomic mass is 9.40. The zero-order chi connectivity index (χ0) is 27.9.